The molecule has 0 aliphatic heterocycles. The SMILES string of the molecule is CC.CS(=O)(=O)O.CS(=O)(=O)O.c1ccc(Oc2ccccc2)cc1. The van der Waals surface area contributed by atoms with E-state index in [0.29, 0.717) is 12.5 Å². The van der Waals surface area contributed by atoms with Crippen LogP contribution in [-0.4, -0.2) is 38.5 Å². The van der Waals surface area contributed by atoms with Crippen molar-refractivity contribution < 1.29 is 30.7 Å². The van der Waals surface area contributed by atoms with Gasteiger partial charge in [-0.25, -0.2) is 0 Å². The second kappa shape index (κ2) is 13.4. The van der Waals surface area contributed by atoms with Gasteiger partial charge in [0.2, 0.25) is 0 Å². The maximum absolute atomic E-state index is 9.19. The first-order valence-corrected chi connectivity index (χ1v) is 10.8. The van der Waals surface area contributed by atoms with Crippen molar-refractivity contribution in [1.29, 1.82) is 0 Å². The fourth-order valence-corrected chi connectivity index (χ4v) is 1.11. The normalized spacial score (nSPS) is 9.84. The van der Waals surface area contributed by atoms with Crippen LogP contribution in [0.25, 0.3) is 0 Å². The molecule has 0 bridgehead atoms. The van der Waals surface area contributed by atoms with Crippen LogP contribution in [0.5, 0.6) is 11.5 Å². The van der Waals surface area contributed by atoms with Gasteiger partial charge in [0, 0.05) is 0 Å². The summed E-state index contributed by atoms with van der Waals surface area (Å²) in [6.45, 7) is 4.00. The summed E-state index contributed by atoms with van der Waals surface area (Å²) in [7, 11) is -7.33. The molecule has 142 valence electrons. The van der Waals surface area contributed by atoms with Gasteiger partial charge in [-0.2, -0.15) is 16.8 Å². The topological polar surface area (TPSA) is 118 Å². The number of hydrogen-bond donors (Lipinski definition) is 2. The first kappa shape index (κ1) is 25.3. The molecule has 0 aliphatic rings. The molecule has 0 saturated heterocycles. The number of benzene rings is 2. The van der Waals surface area contributed by atoms with E-state index in [1.807, 2.05) is 74.5 Å². The van der Waals surface area contributed by atoms with Crippen LogP contribution in [0.2, 0.25) is 0 Å². The molecule has 0 amide bonds. The van der Waals surface area contributed by atoms with Gasteiger partial charge in [-0.15, -0.1) is 0 Å². The predicted molar refractivity (Wildman–Crippen MR) is 99.3 cm³/mol. The van der Waals surface area contributed by atoms with Crippen molar-refractivity contribution in [3.63, 3.8) is 0 Å². The van der Waals surface area contributed by atoms with Crippen LogP contribution < -0.4 is 4.74 Å². The first-order valence-electron chi connectivity index (χ1n) is 7.08. The van der Waals surface area contributed by atoms with E-state index < -0.39 is 20.2 Å². The van der Waals surface area contributed by atoms with Crippen molar-refractivity contribution in [2.24, 2.45) is 0 Å². The van der Waals surface area contributed by atoms with E-state index in [4.69, 9.17) is 13.8 Å². The Hall–Kier alpha value is -1.94. The van der Waals surface area contributed by atoms with Gasteiger partial charge in [-0.1, -0.05) is 50.2 Å². The summed E-state index contributed by atoms with van der Waals surface area (Å²) in [5.74, 6) is 1.74. The van der Waals surface area contributed by atoms with Gasteiger partial charge >= 0.3 is 0 Å². The molecule has 0 atom stereocenters. The van der Waals surface area contributed by atoms with Gasteiger partial charge in [0.1, 0.15) is 11.5 Å². The Morgan fingerprint density at radius 1 is 0.640 bits per heavy atom. The highest BCUT2D eigenvalue weighted by Gasteiger charge is 1.92. The molecule has 0 unspecified atom stereocenters. The van der Waals surface area contributed by atoms with E-state index in [0.717, 1.165) is 11.5 Å². The first-order chi connectivity index (χ1) is 11.4. The minimum Gasteiger partial charge on any atom is -0.457 e. The molecule has 0 spiro atoms. The number of para-hydroxylation sites is 2. The third-order valence-electron chi connectivity index (χ3n) is 1.72. The average molecular weight is 392 g/mol. The van der Waals surface area contributed by atoms with E-state index >= 15 is 0 Å². The fraction of sp³-hybridized carbons (Fsp3) is 0.250. The lowest BCUT2D eigenvalue weighted by Gasteiger charge is -2.03. The van der Waals surface area contributed by atoms with Crippen molar-refractivity contribution in [1.82, 2.24) is 0 Å². The molecule has 0 aromatic heterocycles. The Labute approximate surface area is 149 Å². The molecule has 2 aromatic rings. The van der Waals surface area contributed by atoms with Gasteiger partial charge in [0.05, 0.1) is 12.5 Å². The molecule has 0 saturated carbocycles. The molecule has 2 rings (SSSR count). The molecule has 0 aliphatic carbocycles. The molecular weight excluding hydrogens is 368 g/mol. The van der Waals surface area contributed by atoms with E-state index in [2.05, 4.69) is 0 Å². The number of rotatable bonds is 2. The highest BCUT2D eigenvalue weighted by molar-refractivity contribution is 7.85. The van der Waals surface area contributed by atoms with E-state index in [1.54, 1.807) is 0 Å². The second-order valence-electron chi connectivity index (χ2n) is 4.19. The van der Waals surface area contributed by atoms with E-state index in [-0.39, 0.29) is 0 Å². The Morgan fingerprint density at radius 3 is 1.04 bits per heavy atom. The predicted octanol–water partition coefficient (Wildman–Crippen LogP) is 3.51. The third-order valence-corrected chi connectivity index (χ3v) is 1.72. The zero-order valence-corrected chi connectivity index (χ0v) is 16.2. The van der Waals surface area contributed by atoms with Crippen molar-refractivity contribution in [3.8, 4) is 11.5 Å². The van der Waals surface area contributed by atoms with E-state index in [9.17, 15) is 16.8 Å². The minimum atomic E-state index is -3.67. The molecule has 9 heteroatoms. The van der Waals surface area contributed by atoms with Gasteiger partial charge < -0.3 is 4.74 Å². The summed E-state index contributed by atoms with van der Waals surface area (Å²) >= 11 is 0. The summed E-state index contributed by atoms with van der Waals surface area (Å²) < 4.78 is 57.3. The van der Waals surface area contributed by atoms with Gasteiger partial charge in [-0.05, 0) is 24.3 Å². The second-order valence-corrected chi connectivity index (χ2v) is 7.13. The van der Waals surface area contributed by atoms with Crippen LogP contribution in [0.15, 0.2) is 60.7 Å². The molecule has 0 heterocycles. The van der Waals surface area contributed by atoms with E-state index in [1.165, 1.54) is 0 Å². The summed E-state index contributed by atoms with van der Waals surface area (Å²) in [4.78, 5) is 0. The number of hydrogen-bond acceptors (Lipinski definition) is 5. The minimum absolute atomic E-state index is 0.715. The fourth-order valence-electron chi connectivity index (χ4n) is 1.11. The Kier molecular flexibility index (Phi) is 13.5. The molecule has 2 N–H and O–H groups in total. The van der Waals surface area contributed by atoms with Gasteiger partial charge in [0.15, 0.2) is 0 Å². The number of ether oxygens (including phenoxy) is 1. The van der Waals surface area contributed by atoms with Crippen LogP contribution in [0, 0.1) is 0 Å². The zero-order chi connectivity index (χ0) is 19.9. The van der Waals surface area contributed by atoms with Crippen LogP contribution in [0.1, 0.15) is 13.8 Å². The van der Waals surface area contributed by atoms with Crippen molar-refractivity contribution in [2.45, 2.75) is 13.8 Å². The Balaban J connectivity index is 0. The highest BCUT2D eigenvalue weighted by Crippen LogP contribution is 2.19. The van der Waals surface area contributed by atoms with Gasteiger partial charge in [0.25, 0.3) is 20.2 Å². The van der Waals surface area contributed by atoms with Crippen molar-refractivity contribution >= 4 is 20.2 Å². The standard InChI is InChI=1S/C12H10O.C2H6.2CH4O3S/c1-3-7-11(8-4-1)13-12-9-5-2-6-10-12;1-2;2*1-5(2,3)4/h1-10H;1-2H3;2*1H3,(H,2,3,4). The van der Waals surface area contributed by atoms with Crippen LogP contribution in [0.4, 0.5) is 0 Å². The largest absolute Gasteiger partial charge is 0.457 e. The molecule has 0 fully saturated rings. The van der Waals surface area contributed by atoms with Crippen LogP contribution in [-0.2, 0) is 20.2 Å². The maximum atomic E-state index is 9.19. The summed E-state index contributed by atoms with van der Waals surface area (Å²) in [6.07, 6.45) is 1.43. The monoisotopic (exact) mass is 392 g/mol. The average Bonchev–Trinajstić information content (AvgIpc) is 2.48. The highest BCUT2D eigenvalue weighted by atomic mass is 32.2. The van der Waals surface area contributed by atoms with Crippen LogP contribution in [0.3, 0.4) is 0 Å². The smallest absolute Gasteiger partial charge is 0.261 e. The van der Waals surface area contributed by atoms with Crippen molar-refractivity contribution in [3.05, 3.63) is 60.7 Å². The lowest BCUT2D eigenvalue weighted by molar-refractivity contribution is 0.482. The van der Waals surface area contributed by atoms with Gasteiger partial charge in [-0.3, -0.25) is 9.11 Å². The summed E-state index contributed by atoms with van der Waals surface area (Å²) in [5.41, 5.74) is 0. The quantitative estimate of drug-likeness (QED) is 0.751. The summed E-state index contributed by atoms with van der Waals surface area (Å²) in [6, 6.07) is 19.5. The maximum Gasteiger partial charge on any atom is 0.261 e. The lowest BCUT2D eigenvalue weighted by atomic mass is 10.3. The molecule has 2 aromatic carbocycles. The third kappa shape index (κ3) is 27.2. The Morgan fingerprint density at radius 2 is 0.840 bits per heavy atom. The lowest BCUT2D eigenvalue weighted by Crippen LogP contribution is -1.88. The molecule has 25 heavy (non-hydrogen) atoms. The van der Waals surface area contributed by atoms with Crippen LogP contribution >= 0.6 is 0 Å². The molecular formula is C16H24O7S2. The summed E-state index contributed by atoms with van der Waals surface area (Å²) in [5, 5.41) is 0. The Bertz CT molecular complexity index is 673. The zero-order valence-electron chi connectivity index (χ0n) is 14.5. The molecule has 0 radical (unpaired) electrons. The van der Waals surface area contributed by atoms with Crippen molar-refractivity contribution in [2.75, 3.05) is 12.5 Å². The molecule has 7 nitrogen and oxygen atoms in total.